The summed E-state index contributed by atoms with van der Waals surface area (Å²) in [5, 5.41) is 12.1. The van der Waals surface area contributed by atoms with Crippen LogP contribution in [0.1, 0.15) is 24.5 Å². The number of pyridine rings is 1. The Hall–Kier alpha value is -2.04. The topological polar surface area (TPSA) is 120 Å². The summed E-state index contributed by atoms with van der Waals surface area (Å²) in [5.74, 6) is 2.01. The van der Waals surface area contributed by atoms with Crippen molar-refractivity contribution in [3.8, 4) is 5.75 Å². The lowest BCUT2D eigenvalue weighted by atomic mass is 9.73. The third kappa shape index (κ3) is 5.12. The van der Waals surface area contributed by atoms with E-state index < -0.39 is 16.5 Å². The minimum atomic E-state index is -4.67. The Kier molecular flexibility index (Phi) is 6.55. The summed E-state index contributed by atoms with van der Waals surface area (Å²) in [7, 11) is -3.01. The third-order valence-corrected chi connectivity index (χ3v) is 5.82. The van der Waals surface area contributed by atoms with Crippen molar-refractivity contribution in [2.24, 2.45) is 11.8 Å². The van der Waals surface area contributed by atoms with Gasteiger partial charge in [-0.1, -0.05) is 6.08 Å². The summed E-state index contributed by atoms with van der Waals surface area (Å²) in [6.07, 6.45) is 5.62. The molecule has 1 aromatic heterocycles. The summed E-state index contributed by atoms with van der Waals surface area (Å²) in [6.45, 7) is 6.07. The van der Waals surface area contributed by atoms with Gasteiger partial charge in [-0.25, -0.2) is 0 Å². The number of methoxy groups -OCH3 is 1. The first-order valence-corrected chi connectivity index (χ1v) is 10.8. The van der Waals surface area contributed by atoms with Gasteiger partial charge in [-0.05, 0) is 61.1 Å². The van der Waals surface area contributed by atoms with E-state index in [4.69, 9.17) is 22.3 Å². The molecule has 9 heteroatoms. The first-order valence-electron chi connectivity index (χ1n) is 9.38. The number of nitrogens with zero attached hydrogens (tertiary/aromatic N) is 2. The molecule has 5 rings (SSSR count). The zero-order valence-electron chi connectivity index (χ0n) is 16.2. The fourth-order valence-electron chi connectivity index (χ4n) is 4.44. The standard InChI is InChI=1S/C20H24N2O2.H2O4S/c1-3-13-12-22-9-7-14(13)10-19(22)20(23)16-6-8-21-18-5-4-15(24-2)11-17(16)18;1-5(2,3)4/h3-6,8,11,13-14,19-20,23H,1,7,9-10,12H2,2H3;(H2,1,2,3,4)/t13-,14?,19-,20+;/m0./s1. The van der Waals surface area contributed by atoms with Crippen LogP contribution in [0.5, 0.6) is 5.75 Å². The van der Waals surface area contributed by atoms with E-state index in [1.165, 1.54) is 6.42 Å². The van der Waals surface area contributed by atoms with E-state index >= 15 is 0 Å². The van der Waals surface area contributed by atoms with E-state index in [1.807, 2.05) is 24.3 Å². The Morgan fingerprint density at radius 1 is 1.34 bits per heavy atom. The first-order chi connectivity index (χ1) is 13.7. The number of aliphatic hydroxyl groups is 1. The van der Waals surface area contributed by atoms with Gasteiger partial charge in [0, 0.05) is 24.2 Å². The fourth-order valence-corrected chi connectivity index (χ4v) is 4.44. The van der Waals surface area contributed by atoms with Crippen LogP contribution in [-0.4, -0.2) is 58.8 Å². The molecule has 158 valence electrons. The number of rotatable bonds is 4. The molecule has 3 N–H and O–H groups in total. The molecule has 0 aliphatic carbocycles. The van der Waals surface area contributed by atoms with Crippen LogP contribution in [0.25, 0.3) is 10.9 Å². The zero-order valence-corrected chi connectivity index (χ0v) is 17.0. The number of aromatic nitrogens is 1. The second-order valence-electron chi connectivity index (χ2n) is 7.42. The molecule has 2 unspecified atom stereocenters. The maximum Gasteiger partial charge on any atom is 0.394 e. The largest absolute Gasteiger partial charge is 0.497 e. The van der Waals surface area contributed by atoms with Crippen LogP contribution in [0.3, 0.4) is 0 Å². The number of benzene rings is 1. The van der Waals surface area contributed by atoms with Crippen molar-refractivity contribution in [3.63, 3.8) is 0 Å². The molecule has 29 heavy (non-hydrogen) atoms. The molecule has 5 atom stereocenters. The molecule has 3 fully saturated rings. The Morgan fingerprint density at radius 2 is 2.07 bits per heavy atom. The SMILES string of the molecule is C=C[C@H]1CN2CCC1C[C@H]2[C@H](O)c1ccnc2ccc(OC)cc12.O=S(=O)(O)O. The van der Waals surface area contributed by atoms with Gasteiger partial charge in [-0.3, -0.25) is 19.0 Å². The van der Waals surface area contributed by atoms with Crippen LogP contribution in [0.15, 0.2) is 43.1 Å². The van der Waals surface area contributed by atoms with Crippen molar-refractivity contribution in [3.05, 3.63) is 48.7 Å². The zero-order chi connectivity index (χ0) is 21.2. The van der Waals surface area contributed by atoms with Gasteiger partial charge in [0.2, 0.25) is 0 Å². The minimum Gasteiger partial charge on any atom is -0.497 e. The van der Waals surface area contributed by atoms with Gasteiger partial charge >= 0.3 is 10.4 Å². The monoisotopic (exact) mass is 422 g/mol. The molecule has 0 amide bonds. The van der Waals surface area contributed by atoms with E-state index in [0.717, 1.165) is 41.7 Å². The Labute approximate surface area is 170 Å². The van der Waals surface area contributed by atoms with Gasteiger partial charge in [0.05, 0.1) is 18.7 Å². The molecule has 8 nitrogen and oxygen atoms in total. The van der Waals surface area contributed by atoms with Crippen LogP contribution in [-0.2, 0) is 10.4 Å². The molecule has 0 radical (unpaired) electrons. The molecule has 3 aliphatic rings. The lowest BCUT2D eigenvalue weighted by Crippen LogP contribution is -2.54. The van der Waals surface area contributed by atoms with Crippen molar-refractivity contribution in [2.75, 3.05) is 20.2 Å². The van der Waals surface area contributed by atoms with Crippen LogP contribution >= 0.6 is 0 Å². The average Bonchev–Trinajstić information content (AvgIpc) is 2.71. The Morgan fingerprint density at radius 3 is 2.66 bits per heavy atom. The lowest BCUT2D eigenvalue weighted by Gasteiger charge is -2.50. The maximum absolute atomic E-state index is 11.2. The number of fused-ring (bicyclic) bond motifs is 4. The molecule has 0 saturated carbocycles. The highest BCUT2D eigenvalue weighted by Gasteiger charge is 2.42. The highest BCUT2D eigenvalue weighted by atomic mass is 32.3. The molecule has 2 bridgehead atoms. The van der Waals surface area contributed by atoms with Gasteiger partial charge in [0.15, 0.2) is 0 Å². The van der Waals surface area contributed by atoms with Crippen LogP contribution in [0, 0.1) is 11.8 Å². The third-order valence-electron chi connectivity index (χ3n) is 5.82. The van der Waals surface area contributed by atoms with Gasteiger partial charge in [0.25, 0.3) is 0 Å². The summed E-state index contributed by atoms with van der Waals surface area (Å²) < 4.78 is 36.9. The minimum absolute atomic E-state index is 0.178. The average molecular weight is 423 g/mol. The molecule has 2 aromatic rings. The Bertz CT molecular complexity index is 972. The highest BCUT2D eigenvalue weighted by molar-refractivity contribution is 7.79. The van der Waals surface area contributed by atoms with Crippen molar-refractivity contribution in [2.45, 2.75) is 25.0 Å². The predicted octanol–water partition coefficient (Wildman–Crippen LogP) is 2.52. The molecule has 0 spiro atoms. The van der Waals surface area contributed by atoms with Crippen molar-refractivity contribution in [1.29, 1.82) is 0 Å². The van der Waals surface area contributed by atoms with Gasteiger partial charge in [-0.2, -0.15) is 8.42 Å². The molecule has 1 aromatic carbocycles. The summed E-state index contributed by atoms with van der Waals surface area (Å²) in [6, 6.07) is 7.96. The second kappa shape index (κ2) is 8.76. The fraction of sp³-hybridized carbons (Fsp3) is 0.450. The molecule has 3 aliphatic heterocycles. The molecule has 3 saturated heterocycles. The van der Waals surface area contributed by atoms with E-state index in [0.29, 0.717) is 11.8 Å². The summed E-state index contributed by atoms with van der Waals surface area (Å²) >= 11 is 0. The lowest BCUT2D eigenvalue weighted by molar-refractivity contribution is -0.0444. The molecular formula is C20H26N2O6S. The van der Waals surface area contributed by atoms with Crippen molar-refractivity contribution < 1.29 is 27.4 Å². The number of hydrogen-bond donors (Lipinski definition) is 3. The van der Waals surface area contributed by atoms with Gasteiger partial charge in [0.1, 0.15) is 5.75 Å². The van der Waals surface area contributed by atoms with E-state index in [1.54, 1.807) is 13.3 Å². The van der Waals surface area contributed by atoms with Gasteiger partial charge in [-0.15, -0.1) is 6.58 Å². The number of ether oxygens (including phenoxy) is 1. The number of piperidine rings is 3. The van der Waals surface area contributed by atoms with E-state index in [9.17, 15) is 5.11 Å². The number of hydrogen-bond acceptors (Lipinski definition) is 6. The second-order valence-corrected chi connectivity index (χ2v) is 8.32. The van der Waals surface area contributed by atoms with Crippen LogP contribution < -0.4 is 4.74 Å². The van der Waals surface area contributed by atoms with E-state index in [2.05, 4.69) is 22.5 Å². The molecule has 4 heterocycles. The quantitative estimate of drug-likeness (QED) is 0.508. The van der Waals surface area contributed by atoms with Crippen LogP contribution in [0.4, 0.5) is 0 Å². The Balaban J connectivity index is 0.000000431. The van der Waals surface area contributed by atoms with Gasteiger partial charge < -0.3 is 9.84 Å². The predicted molar refractivity (Wildman–Crippen MR) is 109 cm³/mol. The normalized spacial score (nSPS) is 27.0. The first kappa shape index (κ1) is 21.7. The summed E-state index contributed by atoms with van der Waals surface area (Å²) in [5.41, 5.74) is 1.85. The smallest absolute Gasteiger partial charge is 0.394 e. The van der Waals surface area contributed by atoms with Crippen molar-refractivity contribution in [1.82, 2.24) is 9.88 Å². The summed E-state index contributed by atoms with van der Waals surface area (Å²) in [4.78, 5) is 6.86. The number of aliphatic hydroxyl groups excluding tert-OH is 1. The molecular weight excluding hydrogens is 396 g/mol. The highest BCUT2D eigenvalue weighted by Crippen LogP contribution is 2.42. The maximum atomic E-state index is 11.2. The van der Waals surface area contributed by atoms with Crippen molar-refractivity contribution >= 4 is 21.3 Å². The van der Waals surface area contributed by atoms with Crippen LogP contribution in [0.2, 0.25) is 0 Å². The van der Waals surface area contributed by atoms with E-state index in [-0.39, 0.29) is 6.04 Å².